The number of rotatable bonds is 9. The number of hydrogen-bond donors (Lipinski definition) is 2. The fourth-order valence-electron chi connectivity index (χ4n) is 2.79. The van der Waals surface area contributed by atoms with Gasteiger partial charge in [-0.15, -0.1) is 24.0 Å². The molecule has 0 bridgehead atoms. The van der Waals surface area contributed by atoms with Gasteiger partial charge in [-0.05, 0) is 39.2 Å². The van der Waals surface area contributed by atoms with Crippen LogP contribution in [0.5, 0.6) is 0 Å². The summed E-state index contributed by atoms with van der Waals surface area (Å²) in [7, 11) is 1.78. The molecule has 0 aromatic carbocycles. The quantitative estimate of drug-likeness (QED) is 0.252. The van der Waals surface area contributed by atoms with E-state index in [1.54, 1.807) is 7.05 Å². The van der Waals surface area contributed by atoms with Crippen molar-refractivity contribution in [1.29, 1.82) is 0 Å². The third kappa shape index (κ3) is 8.37. The first kappa shape index (κ1) is 22.2. The van der Waals surface area contributed by atoms with E-state index in [-0.39, 0.29) is 30.1 Å². The van der Waals surface area contributed by atoms with Crippen LogP contribution < -0.4 is 10.6 Å². The Kier molecular flexibility index (Phi) is 11.1. The molecule has 8 heteroatoms. The molecule has 1 saturated heterocycles. The first-order valence-electron chi connectivity index (χ1n) is 8.84. The molecule has 144 valence electrons. The van der Waals surface area contributed by atoms with Crippen LogP contribution in [0.2, 0.25) is 0 Å². The van der Waals surface area contributed by atoms with E-state index in [1.165, 1.54) is 5.69 Å². The molecule has 0 saturated carbocycles. The second kappa shape index (κ2) is 12.5. The Balaban J connectivity index is 0.00000312. The number of hydrogen-bond acceptors (Lipinski definition) is 4. The van der Waals surface area contributed by atoms with Crippen LogP contribution in [0.1, 0.15) is 30.7 Å². The van der Waals surface area contributed by atoms with Crippen LogP contribution in [0.15, 0.2) is 11.1 Å². The minimum absolute atomic E-state index is 0. The van der Waals surface area contributed by atoms with E-state index in [4.69, 9.17) is 9.47 Å². The summed E-state index contributed by atoms with van der Waals surface area (Å²) in [6, 6.07) is 2.10. The normalized spacial score (nSPS) is 17.4. The van der Waals surface area contributed by atoms with Gasteiger partial charge in [0, 0.05) is 39.0 Å². The molecule has 1 aromatic rings. The first-order chi connectivity index (χ1) is 11.7. The monoisotopic (exact) mass is 465 g/mol. The third-order valence-corrected chi connectivity index (χ3v) is 4.03. The lowest BCUT2D eigenvalue weighted by molar-refractivity contribution is 0.0191. The average molecular weight is 465 g/mol. The summed E-state index contributed by atoms with van der Waals surface area (Å²) in [5.41, 5.74) is 2.28. The van der Waals surface area contributed by atoms with E-state index in [0.29, 0.717) is 13.2 Å². The highest BCUT2D eigenvalue weighted by atomic mass is 127. The Morgan fingerprint density at radius 3 is 2.84 bits per heavy atom. The Labute approximate surface area is 168 Å². The van der Waals surface area contributed by atoms with Gasteiger partial charge in [-0.3, -0.25) is 9.67 Å². The number of nitrogens with zero attached hydrogens (tertiary/aromatic N) is 3. The van der Waals surface area contributed by atoms with Crippen molar-refractivity contribution in [3.05, 3.63) is 17.5 Å². The van der Waals surface area contributed by atoms with Gasteiger partial charge in [0.2, 0.25) is 0 Å². The smallest absolute Gasteiger partial charge is 0.191 e. The zero-order valence-corrected chi connectivity index (χ0v) is 17.9. The van der Waals surface area contributed by atoms with E-state index >= 15 is 0 Å². The van der Waals surface area contributed by atoms with Crippen molar-refractivity contribution in [2.24, 2.45) is 4.99 Å². The van der Waals surface area contributed by atoms with E-state index < -0.39 is 0 Å². The Morgan fingerprint density at radius 1 is 1.40 bits per heavy atom. The van der Waals surface area contributed by atoms with Gasteiger partial charge in [0.05, 0.1) is 25.0 Å². The lowest BCUT2D eigenvalue weighted by atomic mass is 10.2. The number of halogens is 1. The predicted octanol–water partition coefficient (Wildman–Crippen LogP) is 1.87. The lowest BCUT2D eigenvalue weighted by Gasteiger charge is -2.13. The van der Waals surface area contributed by atoms with Crippen molar-refractivity contribution in [1.82, 2.24) is 20.4 Å². The molecule has 0 amide bonds. The van der Waals surface area contributed by atoms with Gasteiger partial charge in [0.1, 0.15) is 0 Å². The molecule has 0 radical (unpaired) electrons. The Bertz CT molecular complexity index is 515. The summed E-state index contributed by atoms with van der Waals surface area (Å²) in [6.45, 7) is 8.84. The summed E-state index contributed by atoms with van der Waals surface area (Å²) >= 11 is 0. The number of aliphatic imine (C=N–C) groups is 1. The topological polar surface area (TPSA) is 72.7 Å². The van der Waals surface area contributed by atoms with Crippen LogP contribution in [0.3, 0.4) is 0 Å². The molecule has 2 rings (SSSR count). The Hall–Kier alpha value is -0.870. The highest BCUT2D eigenvalue weighted by molar-refractivity contribution is 14.0. The van der Waals surface area contributed by atoms with E-state index in [0.717, 1.165) is 57.2 Å². The van der Waals surface area contributed by atoms with Gasteiger partial charge in [0.15, 0.2) is 5.96 Å². The average Bonchev–Trinajstić information content (AvgIpc) is 3.18. The van der Waals surface area contributed by atoms with Gasteiger partial charge < -0.3 is 20.1 Å². The zero-order valence-electron chi connectivity index (χ0n) is 15.6. The maximum atomic E-state index is 5.63. The number of guanidine groups is 1. The summed E-state index contributed by atoms with van der Waals surface area (Å²) < 4.78 is 13.2. The second-order valence-electron chi connectivity index (χ2n) is 6.14. The summed E-state index contributed by atoms with van der Waals surface area (Å²) in [5, 5.41) is 11.0. The standard InChI is InChI=1S/C17H31N5O2.HI/c1-14-12-15(2)22(21-14)9-5-7-19-17(18-3)20-8-11-23-13-16-6-4-10-24-16;/h12,16H,4-11,13H2,1-3H3,(H2,18,19,20);1H. The maximum absolute atomic E-state index is 5.63. The van der Waals surface area contributed by atoms with Gasteiger partial charge >= 0.3 is 0 Å². The van der Waals surface area contributed by atoms with Crippen LogP contribution in [0, 0.1) is 13.8 Å². The van der Waals surface area contributed by atoms with Crippen molar-refractivity contribution >= 4 is 29.9 Å². The van der Waals surface area contributed by atoms with Crippen molar-refractivity contribution in [3.63, 3.8) is 0 Å². The van der Waals surface area contributed by atoms with Crippen molar-refractivity contribution in [2.45, 2.75) is 45.8 Å². The number of aromatic nitrogens is 2. The SMILES string of the molecule is CN=C(NCCCn1nc(C)cc1C)NCCOCC1CCCO1.I. The molecule has 2 heterocycles. The molecular formula is C17H32IN5O2. The van der Waals surface area contributed by atoms with Gasteiger partial charge in [-0.25, -0.2) is 0 Å². The van der Waals surface area contributed by atoms with Crippen LogP contribution in [-0.4, -0.2) is 61.8 Å². The molecular weight excluding hydrogens is 433 g/mol. The summed E-state index contributed by atoms with van der Waals surface area (Å²) in [4.78, 5) is 4.22. The third-order valence-electron chi connectivity index (χ3n) is 4.03. The summed E-state index contributed by atoms with van der Waals surface area (Å²) in [5.74, 6) is 0.809. The largest absolute Gasteiger partial charge is 0.377 e. The predicted molar refractivity (Wildman–Crippen MR) is 111 cm³/mol. The minimum atomic E-state index is 0. The van der Waals surface area contributed by atoms with Crippen molar-refractivity contribution in [2.75, 3.05) is 40.0 Å². The van der Waals surface area contributed by atoms with Gasteiger partial charge in [0.25, 0.3) is 0 Å². The van der Waals surface area contributed by atoms with E-state index in [1.807, 2.05) is 11.6 Å². The molecule has 1 aliphatic heterocycles. The summed E-state index contributed by atoms with van der Waals surface area (Å²) in [6.07, 6.45) is 3.56. The highest BCUT2D eigenvalue weighted by Gasteiger charge is 2.14. The van der Waals surface area contributed by atoms with Gasteiger partial charge in [-0.2, -0.15) is 5.10 Å². The van der Waals surface area contributed by atoms with Crippen LogP contribution in [0.25, 0.3) is 0 Å². The number of ether oxygens (including phenoxy) is 2. The molecule has 1 fully saturated rings. The molecule has 1 aromatic heterocycles. The van der Waals surface area contributed by atoms with Crippen molar-refractivity contribution in [3.8, 4) is 0 Å². The van der Waals surface area contributed by atoms with E-state index in [2.05, 4.69) is 33.7 Å². The molecule has 1 unspecified atom stereocenters. The van der Waals surface area contributed by atoms with Crippen LogP contribution in [0.4, 0.5) is 0 Å². The first-order valence-corrected chi connectivity index (χ1v) is 8.84. The fraction of sp³-hybridized carbons (Fsp3) is 0.765. The second-order valence-corrected chi connectivity index (χ2v) is 6.14. The van der Waals surface area contributed by atoms with E-state index in [9.17, 15) is 0 Å². The molecule has 1 aliphatic rings. The van der Waals surface area contributed by atoms with Crippen LogP contribution >= 0.6 is 24.0 Å². The Morgan fingerprint density at radius 2 is 2.20 bits per heavy atom. The fourth-order valence-corrected chi connectivity index (χ4v) is 2.79. The molecule has 0 spiro atoms. The van der Waals surface area contributed by atoms with Crippen LogP contribution in [-0.2, 0) is 16.0 Å². The highest BCUT2D eigenvalue weighted by Crippen LogP contribution is 2.11. The minimum Gasteiger partial charge on any atom is -0.377 e. The number of nitrogens with one attached hydrogen (secondary N) is 2. The molecule has 0 aliphatic carbocycles. The lowest BCUT2D eigenvalue weighted by Crippen LogP contribution is -2.39. The number of aryl methyl sites for hydroxylation is 3. The van der Waals surface area contributed by atoms with Crippen molar-refractivity contribution < 1.29 is 9.47 Å². The van der Waals surface area contributed by atoms with Gasteiger partial charge in [-0.1, -0.05) is 0 Å². The molecule has 7 nitrogen and oxygen atoms in total. The molecule has 25 heavy (non-hydrogen) atoms. The molecule has 1 atom stereocenters. The maximum Gasteiger partial charge on any atom is 0.191 e. The zero-order chi connectivity index (χ0) is 17.2. The molecule has 2 N–H and O–H groups in total.